The zero-order valence-electron chi connectivity index (χ0n) is 9.29. The van der Waals surface area contributed by atoms with Gasteiger partial charge in [-0.05, 0) is 17.7 Å². The minimum absolute atomic E-state index is 0.225. The minimum atomic E-state index is -0.973. The molecule has 0 unspecified atom stereocenters. The average molecular weight is 239 g/mol. The summed E-state index contributed by atoms with van der Waals surface area (Å²) >= 11 is 0. The maximum atomic E-state index is 11.3. The van der Waals surface area contributed by atoms with Gasteiger partial charge in [-0.1, -0.05) is 35.5 Å². The first kappa shape index (κ1) is 10.5. The molecule has 18 heavy (non-hydrogen) atoms. The van der Waals surface area contributed by atoms with Crippen molar-refractivity contribution in [2.24, 2.45) is 0 Å². The highest BCUT2D eigenvalue weighted by Gasteiger charge is 2.16. The number of nitrogens with one attached hydrogen (secondary N) is 1. The number of hydrogen-bond acceptors (Lipinski definition) is 3. The van der Waals surface area contributed by atoms with Crippen molar-refractivity contribution in [3.05, 3.63) is 48.0 Å². The highest BCUT2D eigenvalue weighted by molar-refractivity contribution is 6.05. The molecule has 0 bridgehead atoms. The maximum absolute atomic E-state index is 11.3. The van der Waals surface area contributed by atoms with Crippen molar-refractivity contribution in [3.63, 3.8) is 0 Å². The lowest BCUT2D eigenvalue weighted by Crippen LogP contribution is -2.00. The maximum Gasteiger partial charge on any atom is 0.336 e. The monoisotopic (exact) mass is 239 g/mol. The highest BCUT2D eigenvalue weighted by Crippen LogP contribution is 2.29. The Morgan fingerprint density at radius 1 is 1.11 bits per heavy atom. The lowest BCUT2D eigenvalue weighted by Gasteiger charge is -2.06. The van der Waals surface area contributed by atoms with Crippen molar-refractivity contribution in [2.75, 3.05) is 0 Å². The molecule has 0 aliphatic heterocycles. The van der Waals surface area contributed by atoms with Crippen LogP contribution in [0.2, 0.25) is 0 Å². The SMILES string of the molecule is O=C(O)c1ccc2[nH]nnc2c1-c1ccccc1. The van der Waals surface area contributed by atoms with Crippen molar-refractivity contribution in [1.29, 1.82) is 0 Å². The van der Waals surface area contributed by atoms with E-state index in [-0.39, 0.29) is 5.56 Å². The molecule has 0 aliphatic rings. The van der Waals surface area contributed by atoms with Crippen molar-refractivity contribution < 1.29 is 9.90 Å². The van der Waals surface area contributed by atoms with Gasteiger partial charge in [0.25, 0.3) is 0 Å². The fourth-order valence-electron chi connectivity index (χ4n) is 1.99. The molecule has 0 aliphatic carbocycles. The predicted molar refractivity (Wildman–Crippen MR) is 66.3 cm³/mol. The molecule has 5 nitrogen and oxygen atoms in total. The van der Waals surface area contributed by atoms with Gasteiger partial charge in [0.15, 0.2) is 0 Å². The van der Waals surface area contributed by atoms with Crippen LogP contribution in [0.4, 0.5) is 0 Å². The molecule has 2 aromatic carbocycles. The minimum Gasteiger partial charge on any atom is -0.478 e. The van der Waals surface area contributed by atoms with Crippen molar-refractivity contribution in [1.82, 2.24) is 15.4 Å². The van der Waals surface area contributed by atoms with Gasteiger partial charge in [0.2, 0.25) is 0 Å². The molecule has 5 heteroatoms. The van der Waals surface area contributed by atoms with E-state index in [2.05, 4.69) is 15.4 Å². The molecule has 3 aromatic rings. The van der Waals surface area contributed by atoms with Gasteiger partial charge in [-0.25, -0.2) is 4.79 Å². The number of rotatable bonds is 2. The third kappa shape index (κ3) is 1.53. The number of benzene rings is 2. The summed E-state index contributed by atoms with van der Waals surface area (Å²) in [6.07, 6.45) is 0. The van der Waals surface area contributed by atoms with E-state index in [0.717, 1.165) is 11.1 Å². The summed E-state index contributed by atoms with van der Waals surface area (Å²) in [7, 11) is 0. The average Bonchev–Trinajstić information content (AvgIpc) is 2.86. The van der Waals surface area contributed by atoms with Crippen LogP contribution in [0.1, 0.15) is 10.4 Å². The summed E-state index contributed by atoms with van der Waals surface area (Å²) < 4.78 is 0. The van der Waals surface area contributed by atoms with Crippen LogP contribution in [0.15, 0.2) is 42.5 Å². The van der Waals surface area contributed by atoms with Crippen LogP contribution in [-0.4, -0.2) is 26.5 Å². The van der Waals surface area contributed by atoms with Gasteiger partial charge in [0, 0.05) is 5.56 Å². The Bertz CT molecular complexity index is 719. The molecule has 0 saturated heterocycles. The number of aromatic nitrogens is 3. The van der Waals surface area contributed by atoms with Gasteiger partial charge < -0.3 is 5.11 Å². The Morgan fingerprint density at radius 3 is 2.61 bits per heavy atom. The molecule has 0 fully saturated rings. The van der Waals surface area contributed by atoms with Crippen LogP contribution in [0.25, 0.3) is 22.2 Å². The second-order valence-electron chi connectivity index (χ2n) is 3.87. The number of carbonyl (C=O) groups is 1. The second-order valence-corrected chi connectivity index (χ2v) is 3.87. The quantitative estimate of drug-likeness (QED) is 0.719. The Morgan fingerprint density at radius 2 is 1.89 bits per heavy atom. The lowest BCUT2D eigenvalue weighted by atomic mass is 9.98. The first-order chi connectivity index (χ1) is 8.77. The normalized spacial score (nSPS) is 10.7. The van der Waals surface area contributed by atoms with Gasteiger partial charge >= 0.3 is 5.97 Å². The smallest absolute Gasteiger partial charge is 0.336 e. The number of aromatic carboxylic acids is 1. The van der Waals surface area contributed by atoms with E-state index in [1.807, 2.05) is 30.3 Å². The summed E-state index contributed by atoms with van der Waals surface area (Å²) in [6.45, 7) is 0. The van der Waals surface area contributed by atoms with Gasteiger partial charge in [-0.3, -0.25) is 5.10 Å². The lowest BCUT2D eigenvalue weighted by molar-refractivity contribution is 0.0698. The van der Waals surface area contributed by atoms with Crippen molar-refractivity contribution in [3.8, 4) is 11.1 Å². The van der Waals surface area contributed by atoms with E-state index in [1.165, 1.54) is 0 Å². The van der Waals surface area contributed by atoms with Gasteiger partial charge in [-0.15, -0.1) is 5.10 Å². The molecule has 0 amide bonds. The third-order valence-electron chi connectivity index (χ3n) is 2.79. The highest BCUT2D eigenvalue weighted by atomic mass is 16.4. The van der Waals surface area contributed by atoms with Crippen molar-refractivity contribution in [2.45, 2.75) is 0 Å². The molecule has 88 valence electrons. The summed E-state index contributed by atoms with van der Waals surface area (Å²) in [5.74, 6) is -0.973. The summed E-state index contributed by atoms with van der Waals surface area (Å²) in [5.41, 5.74) is 2.92. The molecular weight excluding hydrogens is 230 g/mol. The molecule has 3 rings (SSSR count). The van der Waals surface area contributed by atoms with Crippen LogP contribution < -0.4 is 0 Å². The summed E-state index contributed by atoms with van der Waals surface area (Å²) in [6, 6.07) is 12.6. The number of fused-ring (bicyclic) bond motifs is 1. The Labute approximate surface area is 102 Å². The number of H-pyrrole nitrogens is 1. The molecule has 1 heterocycles. The Balaban J connectivity index is 2.40. The van der Waals surface area contributed by atoms with E-state index in [0.29, 0.717) is 11.1 Å². The van der Waals surface area contributed by atoms with Crippen LogP contribution in [-0.2, 0) is 0 Å². The number of carboxylic acids is 1. The zero-order chi connectivity index (χ0) is 12.5. The second kappa shape index (κ2) is 3.96. The molecular formula is C13H9N3O2. The Kier molecular flexibility index (Phi) is 2.30. The number of aromatic amines is 1. The van der Waals surface area contributed by atoms with Gasteiger partial charge in [-0.2, -0.15) is 0 Å². The standard InChI is InChI=1S/C13H9N3O2/c17-13(18)9-6-7-10-12(15-16-14-10)11(9)8-4-2-1-3-5-8/h1-7H,(H,17,18)(H,14,15,16). The van der Waals surface area contributed by atoms with Gasteiger partial charge in [0.05, 0.1) is 11.1 Å². The largest absolute Gasteiger partial charge is 0.478 e. The molecule has 2 N–H and O–H groups in total. The molecule has 0 saturated carbocycles. The predicted octanol–water partition coefficient (Wildman–Crippen LogP) is 2.32. The summed E-state index contributed by atoms with van der Waals surface area (Å²) in [5, 5.41) is 19.7. The zero-order valence-corrected chi connectivity index (χ0v) is 9.29. The van der Waals surface area contributed by atoms with E-state index in [4.69, 9.17) is 0 Å². The molecule has 0 spiro atoms. The van der Waals surface area contributed by atoms with E-state index in [1.54, 1.807) is 12.1 Å². The van der Waals surface area contributed by atoms with Crippen LogP contribution in [0, 0.1) is 0 Å². The van der Waals surface area contributed by atoms with E-state index >= 15 is 0 Å². The van der Waals surface area contributed by atoms with Crippen molar-refractivity contribution >= 4 is 17.0 Å². The van der Waals surface area contributed by atoms with Crippen LogP contribution in [0.5, 0.6) is 0 Å². The number of carboxylic acid groups (broad SMARTS) is 1. The topological polar surface area (TPSA) is 78.9 Å². The summed E-state index contributed by atoms with van der Waals surface area (Å²) in [4.78, 5) is 11.3. The Hall–Kier alpha value is -2.69. The third-order valence-corrected chi connectivity index (χ3v) is 2.79. The number of nitrogens with zero attached hydrogens (tertiary/aromatic N) is 2. The van der Waals surface area contributed by atoms with Crippen LogP contribution in [0.3, 0.4) is 0 Å². The fraction of sp³-hybridized carbons (Fsp3) is 0. The first-order valence-electron chi connectivity index (χ1n) is 5.40. The number of hydrogen-bond donors (Lipinski definition) is 2. The first-order valence-corrected chi connectivity index (χ1v) is 5.40. The van der Waals surface area contributed by atoms with Gasteiger partial charge in [0.1, 0.15) is 5.52 Å². The molecule has 1 aromatic heterocycles. The molecule has 0 radical (unpaired) electrons. The molecule has 0 atom stereocenters. The fourth-order valence-corrected chi connectivity index (χ4v) is 1.99. The van der Waals surface area contributed by atoms with Crippen LogP contribution >= 0.6 is 0 Å². The van der Waals surface area contributed by atoms with E-state index < -0.39 is 5.97 Å². The van der Waals surface area contributed by atoms with E-state index in [9.17, 15) is 9.90 Å².